The average molecular weight is 323 g/mol. The second-order valence-electron chi connectivity index (χ2n) is 3.80. The van der Waals surface area contributed by atoms with Gasteiger partial charge in [-0.15, -0.1) is 0 Å². The van der Waals surface area contributed by atoms with Crippen molar-refractivity contribution in [1.82, 2.24) is 0 Å². The van der Waals surface area contributed by atoms with Gasteiger partial charge in [0, 0.05) is 11.3 Å². The molecular weight excluding hydrogens is 317 g/mol. The van der Waals surface area contributed by atoms with Crippen LogP contribution in [0.25, 0.3) is 10.4 Å². The molecule has 0 atom stereocenters. The molecule has 0 heterocycles. The molecule has 1 rings (SSSR count). The van der Waals surface area contributed by atoms with E-state index in [1.54, 1.807) is 0 Å². The van der Waals surface area contributed by atoms with Crippen molar-refractivity contribution in [2.45, 2.75) is 12.8 Å². The van der Waals surface area contributed by atoms with Crippen LogP contribution in [0.4, 0.5) is 22.0 Å². The fourth-order valence-corrected chi connectivity index (χ4v) is 1.27. The number of rotatable bonds is 6. The standard InChI is InChI=1S/C11H6F5N3O3/c12-6-7(13)9(15)11(10(16)8(6)14)22-5(21)2-1-4(20)3-18-19-17/h1-3H2. The van der Waals surface area contributed by atoms with Crippen molar-refractivity contribution in [3.8, 4) is 5.75 Å². The van der Waals surface area contributed by atoms with E-state index in [0.717, 1.165) is 0 Å². The van der Waals surface area contributed by atoms with Crippen molar-refractivity contribution in [2.24, 2.45) is 5.11 Å². The second kappa shape index (κ2) is 7.36. The number of azide groups is 1. The van der Waals surface area contributed by atoms with Crippen molar-refractivity contribution < 1.29 is 36.3 Å². The number of carbonyl (C=O) groups excluding carboxylic acids is 2. The molecule has 0 amide bonds. The van der Waals surface area contributed by atoms with E-state index in [4.69, 9.17) is 5.53 Å². The van der Waals surface area contributed by atoms with Gasteiger partial charge in [0.15, 0.2) is 0 Å². The number of benzene rings is 1. The molecule has 22 heavy (non-hydrogen) atoms. The molecule has 1 aromatic rings. The lowest BCUT2D eigenvalue weighted by Gasteiger charge is -2.08. The van der Waals surface area contributed by atoms with Crippen LogP contribution >= 0.6 is 0 Å². The number of Topliss-reactive ketones (excluding diaryl/α,β-unsaturated/α-hetero) is 1. The number of hydrogen-bond donors (Lipinski definition) is 0. The fourth-order valence-electron chi connectivity index (χ4n) is 1.27. The van der Waals surface area contributed by atoms with E-state index in [1.165, 1.54) is 0 Å². The number of nitrogens with zero attached hydrogens (tertiary/aromatic N) is 3. The Morgan fingerprint density at radius 1 is 0.955 bits per heavy atom. The Bertz CT molecular complexity index is 644. The Hall–Kier alpha value is -2.68. The summed E-state index contributed by atoms with van der Waals surface area (Å²) in [6.07, 6.45) is -1.19. The van der Waals surface area contributed by atoms with Crippen molar-refractivity contribution in [3.05, 3.63) is 39.5 Å². The molecule has 0 aliphatic heterocycles. The molecule has 0 fully saturated rings. The molecule has 11 heteroatoms. The number of esters is 1. The summed E-state index contributed by atoms with van der Waals surface area (Å²) in [5, 5.41) is 2.91. The summed E-state index contributed by atoms with van der Waals surface area (Å²) in [5.41, 5.74) is 7.95. The summed E-state index contributed by atoms with van der Waals surface area (Å²) in [6.45, 7) is -0.549. The summed E-state index contributed by atoms with van der Waals surface area (Å²) >= 11 is 0. The minimum Gasteiger partial charge on any atom is -0.420 e. The molecule has 0 bridgehead atoms. The Balaban J connectivity index is 2.81. The van der Waals surface area contributed by atoms with E-state index >= 15 is 0 Å². The third-order valence-electron chi connectivity index (χ3n) is 2.30. The van der Waals surface area contributed by atoms with Gasteiger partial charge in [-0.3, -0.25) is 9.59 Å². The zero-order chi connectivity index (χ0) is 16.9. The van der Waals surface area contributed by atoms with Crippen LogP contribution in [0, 0.1) is 29.1 Å². The van der Waals surface area contributed by atoms with Crippen LogP contribution in [-0.4, -0.2) is 18.3 Å². The van der Waals surface area contributed by atoms with Crippen LogP contribution in [0.15, 0.2) is 5.11 Å². The van der Waals surface area contributed by atoms with Gasteiger partial charge >= 0.3 is 5.97 Å². The molecule has 0 radical (unpaired) electrons. The summed E-state index contributed by atoms with van der Waals surface area (Å²) in [6, 6.07) is 0. The van der Waals surface area contributed by atoms with E-state index in [2.05, 4.69) is 14.8 Å². The molecule has 0 aromatic heterocycles. The van der Waals surface area contributed by atoms with E-state index in [1.807, 2.05) is 0 Å². The Morgan fingerprint density at radius 3 is 1.95 bits per heavy atom. The molecule has 0 unspecified atom stereocenters. The summed E-state index contributed by atoms with van der Waals surface area (Å²) < 4.78 is 68.9. The van der Waals surface area contributed by atoms with Gasteiger partial charge in [0.2, 0.25) is 34.8 Å². The first-order valence-corrected chi connectivity index (χ1v) is 5.54. The van der Waals surface area contributed by atoms with Gasteiger partial charge in [0.05, 0.1) is 13.0 Å². The SMILES string of the molecule is [N-]=[N+]=NCC(=O)CCC(=O)Oc1c(F)c(F)c(F)c(F)c1F. The molecule has 1 aromatic carbocycles. The summed E-state index contributed by atoms with van der Waals surface area (Å²) in [5.74, 6) is -15.3. The van der Waals surface area contributed by atoms with Gasteiger partial charge < -0.3 is 4.74 Å². The maximum Gasteiger partial charge on any atom is 0.311 e. The fraction of sp³-hybridized carbons (Fsp3) is 0.273. The number of ketones is 1. The molecule has 0 aliphatic rings. The first kappa shape index (κ1) is 17.4. The predicted octanol–water partition coefficient (Wildman–Crippen LogP) is 2.95. The molecule has 6 nitrogen and oxygen atoms in total. The van der Waals surface area contributed by atoms with E-state index < -0.39 is 66.0 Å². The third-order valence-corrected chi connectivity index (χ3v) is 2.30. The molecule has 118 valence electrons. The Kier molecular flexibility index (Phi) is 5.81. The number of halogens is 5. The maximum atomic E-state index is 13.2. The van der Waals surface area contributed by atoms with Gasteiger partial charge in [-0.1, -0.05) is 5.11 Å². The minimum absolute atomic E-state index is 0.493. The largest absolute Gasteiger partial charge is 0.420 e. The van der Waals surface area contributed by atoms with E-state index in [0.29, 0.717) is 0 Å². The topological polar surface area (TPSA) is 92.1 Å². The van der Waals surface area contributed by atoms with Crippen LogP contribution in [0.1, 0.15) is 12.8 Å². The predicted molar refractivity (Wildman–Crippen MR) is 60.1 cm³/mol. The van der Waals surface area contributed by atoms with Crippen molar-refractivity contribution in [1.29, 1.82) is 0 Å². The molecule has 0 saturated heterocycles. The summed E-state index contributed by atoms with van der Waals surface area (Å²) in [7, 11) is 0. The molecule has 0 aliphatic carbocycles. The first-order valence-electron chi connectivity index (χ1n) is 5.54. The van der Waals surface area contributed by atoms with Crippen LogP contribution < -0.4 is 4.74 Å². The van der Waals surface area contributed by atoms with Gasteiger partial charge in [0.1, 0.15) is 5.78 Å². The third kappa shape index (κ3) is 3.92. The van der Waals surface area contributed by atoms with Crippen molar-refractivity contribution in [2.75, 3.05) is 6.54 Å². The second-order valence-corrected chi connectivity index (χ2v) is 3.80. The number of carbonyl (C=O) groups is 2. The van der Waals surface area contributed by atoms with Crippen LogP contribution in [0.5, 0.6) is 5.75 Å². The maximum absolute atomic E-state index is 13.2. The molecular formula is C11H6F5N3O3. The Labute approximate surface area is 119 Å². The lowest BCUT2D eigenvalue weighted by Crippen LogP contribution is -2.15. The normalized spacial score (nSPS) is 10.0. The smallest absolute Gasteiger partial charge is 0.311 e. The highest BCUT2D eigenvalue weighted by Crippen LogP contribution is 2.29. The van der Waals surface area contributed by atoms with Gasteiger partial charge in [0.25, 0.3) is 0 Å². The lowest BCUT2D eigenvalue weighted by molar-refractivity contribution is -0.136. The summed E-state index contributed by atoms with van der Waals surface area (Å²) in [4.78, 5) is 24.6. The van der Waals surface area contributed by atoms with Crippen molar-refractivity contribution >= 4 is 11.8 Å². The zero-order valence-electron chi connectivity index (χ0n) is 10.6. The zero-order valence-corrected chi connectivity index (χ0v) is 10.6. The quantitative estimate of drug-likeness (QED) is 0.118. The van der Waals surface area contributed by atoms with Gasteiger partial charge in [-0.25, -0.2) is 13.2 Å². The van der Waals surface area contributed by atoms with E-state index in [9.17, 15) is 31.5 Å². The average Bonchev–Trinajstić information content (AvgIpc) is 2.51. The first-order chi connectivity index (χ1) is 10.3. The molecule has 0 saturated carbocycles. The number of hydrogen-bond acceptors (Lipinski definition) is 4. The molecule has 0 N–H and O–H groups in total. The lowest BCUT2D eigenvalue weighted by atomic mass is 10.2. The van der Waals surface area contributed by atoms with Gasteiger partial charge in [-0.2, -0.15) is 8.78 Å². The van der Waals surface area contributed by atoms with Crippen LogP contribution in [0.3, 0.4) is 0 Å². The highest BCUT2D eigenvalue weighted by atomic mass is 19.2. The van der Waals surface area contributed by atoms with Crippen LogP contribution in [-0.2, 0) is 9.59 Å². The van der Waals surface area contributed by atoms with E-state index in [-0.39, 0.29) is 0 Å². The van der Waals surface area contributed by atoms with Crippen LogP contribution in [0.2, 0.25) is 0 Å². The Morgan fingerprint density at radius 2 is 1.45 bits per heavy atom. The monoisotopic (exact) mass is 323 g/mol. The molecule has 0 spiro atoms. The van der Waals surface area contributed by atoms with Gasteiger partial charge in [-0.05, 0) is 5.53 Å². The van der Waals surface area contributed by atoms with Crippen molar-refractivity contribution in [3.63, 3.8) is 0 Å². The highest BCUT2D eigenvalue weighted by molar-refractivity contribution is 5.85. The highest BCUT2D eigenvalue weighted by Gasteiger charge is 2.28. The minimum atomic E-state index is -2.39. The number of ether oxygens (including phenoxy) is 1.